The Labute approximate surface area is 116 Å². The number of hydrogen-bond donors (Lipinski definition) is 1. The lowest BCUT2D eigenvalue weighted by Crippen LogP contribution is -1.99. The van der Waals surface area contributed by atoms with Gasteiger partial charge in [-0.25, -0.2) is 4.98 Å². The highest BCUT2D eigenvalue weighted by Gasteiger charge is 2.15. The predicted molar refractivity (Wildman–Crippen MR) is 77.9 cm³/mol. The second-order valence-electron chi connectivity index (χ2n) is 4.86. The Morgan fingerprint density at radius 3 is 2.89 bits per heavy atom. The van der Waals surface area contributed by atoms with Crippen molar-refractivity contribution in [1.29, 1.82) is 5.26 Å². The monoisotopic (exact) mass is 269 g/mol. The summed E-state index contributed by atoms with van der Waals surface area (Å²) in [5.41, 5.74) is 3.99. The van der Waals surface area contributed by atoms with Crippen molar-refractivity contribution in [2.24, 2.45) is 0 Å². The first-order valence-corrected chi connectivity index (χ1v) is 7.34. The smallest absolute Gasteiger partial charge is 0.187 e. The van der Waals surface area contributed by atoms with E-state index in [2.05, 4.69) is 16.4 Å². The molecule has 0 aliphatic heterocycles. The van der Waals surface area contributed by atoms with Gasteiger partial charge in [-0.15, -0.1) is 11.3 Å². The van der Waals surface area contributed by atoms with E-state index in [1.807, 2.05) is 25.1 Å². The maximum Gasteiger partial charge on any atom is 0.187 e. The largest absolute Gasteiger partial charge is 0.332 e. The van der Waals surface area contributed by atoms with Crippen LogP contribution in [0, 0.1) is 18.3 Å². The van der Waals surface area contributed by atoms with Crippen molar-refractivity contribution in [3.8, 4) is 6.07 Å². The number of rotatable bonds is 2. The van der Waals surface area contributed by atoms with Crippen LogP contribution in [0.5, 0.6) is 0 Å². The van der Waals surface area contributed by atoms with Crippen molar-refractivity contribution in [3.05, 3.63) is 39.9 Å². The highest BCUT2D eigenvalue weighted by atomic mass is 32.1. The molecule has 1 N–H and O–H groups in total. The minimum atomic E-state index is 0.726. The topological polar surface area (TPSA) is 48.7 Å². The maximum atomic E-state index is 8.93. The summed E-state index contributed by atoms with van der Waals surface area (Å²) in [4.78, 5) is 6.09. The molecule has 0 fully saturated rings. The van der Waals surface area contributed by atoms with Crippen LogP contribution in [0.2, 0.25) is 0 Å². The molecule has 0 atom stereocenters. The Morgan fingerprint density at radius 2 is 2.16 bits per heavy atom. The molecule has 3 nitrogen and oxygen atoms in total. The molecule has 3 rings (SSSR count). The molecule has 0 saturated heterocycles. The van der Waals surface area contributed by atoms with Gasteiger partial charge in [-0.1, -0.05) is 0 Å². The van der Waals surface area contributed by atoms with Crippen LogP contribution in [-0.2, 0) is 12.8 Å². The molecule has 0 amide bonds. The molecule has 1 aromatic heterocycles. The zero-order valence-electron chi connectivity index (χ0n) is 10.9. The number of hydrogen-bond acceptors (Lipinski definition) is 4. The molecule has 4 heteroatoms. The van der Waals surface area contributed by atoms with Crippen LogP contribution in [0.25, 0.3) is 0 Å². The van der Waals surface area contributed by atoms with E-state index in [1.54, 1.807) is 11.3 Å². The van der Waals surface area contributed by atoms with Gasteiger partial charge in [-0.2, -0.15) is 5.26 Å². The van der Waals surface area contributed by atoms with Gasteiger partial charge in [0, 0.05) is 10.6 Å². The zero-order chi connectivity index (χ0) is 13.2. The SMILES string of the molecule is Cc1cc(Nc2nc3c(s2)CCCC3)ccc1C#N. The molecule has 0 bridgehead atoms. The van der Waals surface area contributed by atoms with Crippen molar-refractivity contribution in [3.63, 3.8) is 0 Å². The van der Waals surface area contributed by atoms with Gasteiger partial charge in [0.1, 0.15) is 0 Å². The van der Waals surface area contributed by atoms with Crippen LogP contribution in [0.15, 0.2) is 18.2 Å². The van der Waals surface area contributed by atoms with Crippen LogP contribution in [0.3, 0.4) is 0 Å². The molecule has 1 heterocycles. The van der Waals surface area contributed by atoms with Gasteiger partial charge in [0.2, 0.25) is 0 Å². The minimum absolute atomic E-state index is 0.726. The molecule has 19 heavy (non-hydrogen) atoms. The summed E-state index contributed by atoms with van der Waals surface area (Å²) in [7, 11) is 0. The van der Waals surface area contributed by atoms with E-state index in [9.17, 15) is 0 Å². The summed E-state index contributed by atoms with van der Waals surface area (Å²) >= 11 is 1.76. The number of nitriles is 1. The summed E-state index contributed by atoms with van der Waals surface area (Å²) in [6.45, 7) is 1.95. The first kappa shape index (κ1) is 12.2. The number of thiazole rings is 1. The highest BCUT2D eigenvalue weighted by molar-refractivity contribution is 7.15. The molecule has 1 aromatic carbocycles. The Hall–Kier alpha value is -1.86. The maximum absolute atomic E-state index is 8.93. The molecular formula is C15H15N3S. The average Bonchev–Trinajstić information content (AvgIpc) is 2.81. The van der Waals surface area contributed by atoms with Gasteiger partial charge in [-0.3, -0.25) is 0 Å². The van der Waals surface area contributed by atoms with Crippen LogP contribution < -0.4 is 5.32 Å². The summed E-state index contributed by atoms with van der Waals surface area (Å²) in [5, 5.41) is 13.2. The number of fused-ring (bicyclic) bond motifs is 1. The van der Waals surface area contributed by atoms with Crippen LogP contribution in [-0.4, -0.2) is 4.98 Å². The Kier molecular flexibility index (Phi) is 3.22. The van der Waals surface area contributed by atoms with E-state index in [4.69, 9.17) is 5.26 Å². The normalized spacial score (nSPS) is 13.7. The van der Waals surface area contributed by atoms with Crippen LogP contribution >= 0.6 is 11.3 Å². The Bertz CT molecular complexity index is 628. The van der Waals surface area contributed by atoms with Gasteiger partial charge >= 0.3 is 0 Å². The van der Waals surface area contributed by atoms with Crippen LogP contribution in [0.1, 0.15) is 34.5 Å². The lowest BCUT2D eigenvalue weighted by Gasteiger charge is -2.06. The Balaban J connectivity index is 1.83. The molecule has 96 valence electrons. The van der Waals surface area contributed by atoms with Crippen molar-refractivity contribution in [1.82, 2.24) is 4.98 Å². The van der Waals surface area contributed by atoms with Gasteiger partial charge in [0.15, 0.2) is 5.13 Å². The fourth-order valence-corrected chi connectivity index (χ4v) is 3.47. The molecule has 0 saturated carbocycles. The van der Waals surface area contributed by atoms with Crippen molar-refractivity contribution in [2.75, 3.05) is 5.32 Å². The summed E-state index contributed by atoms with van der Waals surface area (Å²) in [6.07, 6.45) is 4.82. The van der Waals surface area contributed by atoms with E-state index in [0.717, 1.165) is 28.4 Å². The summed E-state index contributed by atoms with van der Waals surface area (Å²) < 4.78 is 0. The number of aromatic nitrogens is 1. The first-order chi connectivity index (χ1) is 9.26. The molecule has 0 unspecified atom stereocenters. The number of nitrogens with zero attached hydrogens (tertiary/aromatic N) is 2. The number of aryl methyl sites for hydroxylation is 3. The molecule has 0 spiro atoms. The Morgan fingerprint density at radius 1 is 1.32 bits per heavy atom. The summed E-state index contributed by atoms with van der Waals surface area (Å²) in [5.74, 6) is 0. The van der Waals surface area contributed by atoms with E-state index >= 15 is 0 Å². The van der Waals surface area contributed by atoms with E-state index in [0.29, 0.717) is 0 Å². The predicted octanol–water partition coefficient (Wildman–Crippen LogP) is 3.95. The number of nitrogens with one attached hydrogen (secondary N) is 1. The molecule has 0 radical (unpaired) electrons. The second-order valence-corrected chi connectivity index (χ2v) is 5.95. The third-order valence-electron chi connectivity index (χ3n) is 3.44. The lowest BCUT2D eigenvalue weighted by molar-refractivity contribution is 0.683. The fraction of sp³-hybridized carbons (Fsp3) is 0.333. The quantitative estimate of drug-likeness (QED) is 0.898. The number of anilines is 2. The fourth-order valence-electron chi connectivity index (χ4n) is 2.40. The second kappa shape index (κ2) is 5.02. The third kappa shape index (κ3) is 2.47. The molecule has 1 aliphatic carbocycles. The van der Waals surface area contributed by atoms with E-state index < -0.39 is 0 Å². The minimum Gasteiger partial charge on any atom is -0.332 e. The molecular weight excluding hydrogens is 254 g/mol. The van der Waals surface area contributed by atoms with Crippen molar-refractivity contribution >= 4 is 22.2 Å². The van der Waals surface area contributed by atoms with Gasteiger partial charge in [0.25, 0.3) is 0 Å². The number of benzene rings is 1. The molecule has 2 aromatic rings. The third-order valence-corrected chi connectivity index (χ3v) is 4.52. The van der Waals surface area contributed by atoms with Gasteiger partial charge in [-0.05, 0) is 56.4 Å². The van der Waals surface area contributed by atoms with Gasteiger partial charge < -0.3 is 5.32 Å². The van der Waals surface area contributed by atoms with Crippen LogP contribution in [0.4, 0.5) is 10.8 Å². The standard InChI is InChI=1S/C15H15N3S/c1-10-8-12(7-6-11(10)9-16)17-15-18-13-4-2-3-5-14(13)19-15/h6-8H,2-5H2,1H3,(H,17,18). The van der Waals surface area contributed by atoms with Crippen molar-refractivity contribution in [2.45, 2.75) is 32.6 Å². The molecule has 1 aliphatic rings. The highest BCUT2D eigenvalue weighted by Crippen LogP contribution is 2.31. The van der Waals surface area contributed by atoms with E-state index in [-0.39, 0.29) is 0 Å². The first-order valence-electron chi connectivity index (χ1n) is 6.52. The van der Waals surface area contributed by atoms with E-state index in [1.165, 1.54) is 29.8 Å². The van der Waals surface area contributed by atoms with Crippen molar-refractivity contribution < 1.29 is 0 Å². The zero-order valence-corrected chi connectivity index (χ0v) is 11.7. The summed E-state index contributed by atoms with van der Waals surface area (Å²) in [6, 6.07) is 7.97. The average molecular weight is 269 g/mol. The lowest BCUT2D eigenvalue weighted by atomic mass is 10.0. The van der Waals surface area contributed by atoms with Gasteiger partial charge in [0.05, 0.1) is 17.3 Å².